The average Bonchev–Trinajstić information content (AvgIpc) is 2.61. The number of benzene rings is 2. The number of amides is 1. The summed E-state index contributed by atoms with van der Waals surface area (Å²) in [7, 11) is 0. The van der Waals surface area contributed by atoms with Gasteiger partial charge in [-0.05, 0) is 35.9 Å². The lowest BCUT2D eigenvalue weighted by Crippen LogP contribution is -2.30. The minimum Gasteiger partial charge on any atom is -0.381 e. The highest BCUT2D eigenvalue weighted by atomic mass is 35.5. The molecule has 0 radical (unpaired) electrons. The number of rotatable bonds is 6. The van der Waals surface area contributed by atoms with Crippen molar-refractivity contribution in [2.45, 2.75) is 6.42 Å². The number of anilines is 1. The van der Waals surface area contributed by atoms with E-state index in [2.05, 4.69) is 15.6 Å². The maximum absolute atomic E-state index is 14.5. The van der Waals surface area contributed by atoms with Crippen LogP contribution >= 0.6 is 11.6 Å². The predicted molar refractivity (Wildman–Crippen MR) is 98.3 cm³/mol. The van der Waals surface area contributed by atoms with Crippen LogP contribution < -0.4 is 10.6 Å². The van der Waals surface area contributed by atoms with Gasteiger partial charge in [0, 0.05) is 24.7 Å². The lowest BCUT2D eigenvalue weighted by Gasteiger charge is -2.10. The largest absolute Gasteiger partial charge is 0.381 e. The van der Waals surface area contributed by atoms with Crippen LogP contribution in [0.2, 0.25) is 5.02 Å². The van der Waals surface area contributed by atoms with Crippen LogP contribution in [0.5, 0.6) is 0 Å². The van der Waals surface area contributed by atoms with Crippen LogP contribution in [0.25, 0.3) is 10.9 Å². The summed E-state index contributed by atoms with van der Waals surface area (Å²) in [5.41, 5.74) is 1.07. The lowest BCUT2D eigenvalue weighted by atomic mass is 10.1. The Hall–Kier alpha value is -2.73. The number of fused-ring (bicyclic) bond motifs is 1. The van der Waals surface area contributed by atoms with E-state index in [-0.39, 0.29) is 29.3 Å². The van der Waals surface area contributed by atoms with Gasteiger partial charge < -0.3 is 10.6 Å². The molecular weight excluding hydrogens is 360 g/mol. The zero-order chi connectivity index (χ0) is 18.5. The summed E-state index contributed by atoms with van der Waals surface area (Å²) in [6.45, 7) is 0.631. The third kappa shape index (κ3) is 4.26. The van der Waals surface area contributed by atoms with Gasteiger partial charge in [0.25, 0.3) is 0 Å². The van der Waals surface area contributed by atoms with Crippen molar-refractivity contribution >= 4 is 34.1 Å². The van der Waals surface area contributed by atoms with Crippen molar-refractivity contribution in [2.75, 3.05) is 18.4 Å². The molecule has 26 heavy (non-hydrogen) atoms. The molecule has 0 bridgehead atoms. The Morgan fingerprint density at radius 1 is 1.12 bits per heavy atom. The van der Waals surface area contributed by atoms with Crippen molar-refractivity contribution in [3.8, 4) is 0 Å². The third-order valence-electron chi connectivity index (χ3n) is 3.81. The fourth-order valence-electron chi connectivity index (χ4n) is 2.58. The number of carbonyl (C=O) groups is 1. The number of carbonyl (C=O) groups excluding carboxylic acids is 1. The molecule has 0 aliphatic rings. The van der Waals surface area contributed by atoms with Gasteiger partial charge in [-0.15, -0.1) is 0 Å². The highest BCUT2D eigenvalue weighted by Crippen LogP contribution is 2.27. The van der Waals surface area contributed by atoms with E-state index < -0.39 is 5.82 Å². The summed E-state index contributed by atoms with van der Waals surface area (Å²) >= 11 is 6.02. The average molecular weight is 376 g/mol. The topological polar surface area (TPSA) is 54.0 Å². The Balaban J connectivity index is 1.53. The highest BCUT2D eigenvalue weighted by molar-refractivity contribution is 6.35. The van der Waals surface area contributed by atoms with E-state index in [0.29, 0.717) is 29.1 Å². The van der Waals surface area contributed by atoms with Crippen LogP contribution in [0.15, 0.2) is 48.7 Å². The molecular formula is C19H16ClF2N3O. The number of nitrogens with zero attached hydrogens (tertiary/aromatic N) is 1. The number of aromatic nitrogens is 1. The second-order valence-electron chi connectivity index (χ2n) is 5.70. The standard InChI is InChI=1S/C19H16ClF2N3O/c20-15-6-7-25-19-14(15)4-5-16(18(19)22)23-8-9-24-17(26)11-12-2-1-3-13(21)10-12/h1-7,10,23H,8-9,11H2,(H,24,26). The van der Waals surface area contributed by atoms with Gasteiger partial charge in [-0.1, -0.05) is 23.7 Å². The summed E-state index contributed by atoms with van der Waals surface area (Å²) < 4.78 is 27.5. The first-order valence-corrected chi connectivity index (χ1v) is 8.40. The summed E-state index contributed by atoms with van der Waals surface area (Å²) in [4.78, 5) is 15.9. The maximum atomic E-state index is 14.5. The maximum Gasteiger partial charge on any atom is 0.224 e. The van der Waals surface area contributed by atoms with Gasteiger partial charge in [0.2, 0.25) is 5.91 Å². The van der Waals surface area contributed by atoms with E-state index in [1.54, 1.807) is 30.3 Å². The molecule has 0 saturated heterocycles. The molecule has 1 heterocycles. The van der Waals surface area contributed by atoms with Crippen LogP contribution in [0.3, 0.4) is 0 Å². The Morgan fingerprint density at radius 2 is 1.96 bits per heavy atom. The summed E-state index contributed by atoms with van der Waals surface area (Å²) in [5, 5.41) is 6.60. The first kappa shape index (κ1) is 18.1. The van der Waals surface area contributed by atoms with E-state index in [4.69, 9.17) is 11.6 Å². The molecule has 0 aliphatic heterocycles. The van der Waals surface area contributed by atoms with Crippen molar-refractivity contribution in [2.24, 2.45) is 0 Å². The van der Waals surface area contributed by atoms with Crippen molar-refractivity contribution < 1.29 is 13.6 Å². The van der Waals surface area contributed by atoms with E-state index in [1.807, 2.05) is 0 Å². The van der Waals surface area contributed by atoms with E-state index in [9.17, 15) is 13.6 Å². The quantitative estimate of drug-likeness (QED) is 0.642. The molecule has 0 unspecified atom stereocenters. The molecule has 0 fully saturated rings. The molecule has 4 nitrogen and oxygen atoms in total. The molecule has 7 heteroatoms. The molecule has 3 rings (SSSR count). The molecule has 2 N–H and O–H groups in total. The van der Waals surface area contributed by atoms with E-state index >= 15 is 0 Å². The SMILES string of the molecule is O=C(Cc1cccc(F)c1)NCCNc1ccc2c(Cl)ccnc2c1F. The number of hydrogen-bond acceptors (Lipinski definition) is 3. The van der Waals surface area contributed by atoms with Gasteiger partial charge in [0.1, 0.15) is 11.3 Å². The predicted octanol–water partition coefficient (Wildman–Crippen LogP) is 3.94. The fraction of sp³-hybridized carbons (Fsp3) is 0.158. The van der Waals surface area contributed by atoms with Crippen LogP contribution in [-0.4, -0.2) is 24.0 Å². The molecule has 134 valence electrons. The lowest BCUT2D eigenvalue weighted by molar-refractivity contribution is -0.120. The summed E-state index contributed by atoms with van der Waals surface area (Å²) in [6, 6.07) is 10.8. The first-order valence-electron chi connectivity index (χ1n) is 8.02. The first-order chi connectivity index (χ1) is 12.5. The van der Waals surface area contributed by atoms with Crippen LogP contribution in [0, 0.1) is 11.6 Å². The molecule has 0 saturated carbocycles. The van der Waals surface area contributed by atoms with Gasteiger partial charge in [-0.2, -0.15) is 0 Å². The molecule has 0 spiro atoms. The van der Waals surface area contributed by atoms with Crippen molar-refractivity contribution in [3.63, 3.8) is 0 Å². The minimum atomic E-state index is -0.490. The smallest absolute Gasteiger partial charge is 0.224 e. The van der Waals surface area contributed by atoms with E-state index in [0.717, 1.165) is 0 Å². The second-order valence-corrected chi connectivity index (χ2v) is 6.11. The number of nitrogens with one attached hydrogen (secondary N) is 2. The fourth-order valence-corrected chi connectivity index (χ4v) is 2.79. The zero-order valence-corrected chi connectivity index (χ0v) is 14.5. The van der Waals surface area contributed by atoms with Crippen molar-refractivity contribution in [3.05, 3.63) is 70.9 Å². The molecule has 0 aliphatic carbocycles. The Labute approximate surface area is 154 Å². The van der Waals surface area contributed by atoms with E-state index in [1.165, 1.54) is 18.3 Å². The van der Waals surface area contributed by atoms with Gasteiger partial charge in [-0.25, -0.2) is 8.78 Å². The van der Waals surface area contributed by atoms with Gasteiger partial charge >= 0.3 is 0 Å². The van der Waals surface area contributed by atoms with Gasteiger partial charge in [-0.3, -0.25) is 9.78 Å². The van der Waals surface area contributed by atoms with Crippen LogP contribution in [-0.2, 0) is 11.2 Å². The van der Waals surface area contributed by atoms with Crippen LogP contribution in [0.4, 0.5) is 14.5 Å². The highest BCUT2D eigenvalue weighted by Gasteiger charge is 2.10. The normalized spacial score (nSPS) is 10.7. The summed E-state index contributed by atoms with van der Waals surface area (Å²) in [5.74, 6) is -1.10. The zero-order valence-electron chi connectivity index (χ0n) is 13.7. The van der Waals surface area contributed by atoms with Crippen molar-refractivity contribution in [1.82, 2.24) is 10.3 Å². The molecule has 0 atom stereocenters. The Morgan fingerprint density at radius 3 is 2.77 bits per heavy atom. The van der Waals surface area contributed by atoms with Crippen molar-refractivity contribution in [1.29, 1.82) is 0 Å². The second kappa shape index (κ2) is 8.10. The molecule has 2 aromatic carbocycles. The molecule has 3 aromatic rings. The summed E-state index contributed by atoms with van der Waals surface area (Å²) in [6.07, 6.45) is 1.54. The van der Waals surface area contributed by atoms with Gasteiger partial charge in [0.15, 0.2) is 5.82 Å². The molecule has 1 amide bonds. The number of halogens is 3. The van der Waals surface area contributed by atoms with Crippen LogP contribution in [0.1, 0.15) is 5.56 Å². The Kier molecular flexibility index (Phi) is 5.63. The Bertz CT molecular complexity index is 949. The number of pyridine rings is 1. The third-order valence-corrected chi connectivity index (χ3v) is 4.14. The monoisotopic (exact) mass is 375 g/mol. The van der Waals surface area contributed by atoms with Gasteiger partial charge in [0.05, 0.1) is 17.1 Å². The minimum absolute atomic E-state index is 0.0878. The molecule has 1 aromatic heterocycles. The number of hydrogen-bond donors (Lipinski definition) is 2.